The number of aromatic nitrogens is 8. The van der Waals surface area contributed by atoms with Gasteiger partial charge in [-0.1, -0.05) is 181 Å². The van der Waals surface area contributed by atoms with Crippen molar-refractivity contribution >= 4 is 62.0 Å². The van der Waals surface area contributed by atoms with E-state index in [2.05, 4.69) is 155 Å². The molecule has 4 aromatic heterocycles. The number of hydrogen-bond donors (Lipinski definition) is 13. The molecular formula is C120H130F3N21O5S. The molecule has 30 heteroatoms. The molecule has 26 nitrogen and oxygen atoms in total. The second kappa shape index (κ2) is 48.4. The number of alkyl halides is 3. The van der Waals surface area contributed by atoms with Gasteiger partial charge in [0.05, 0.1) is 85.0 Å². The fourth-order valence-electron chi connectivity index (χ4n) is 18.3. The van der Waals surface area contributed by atoms with Crippen LogP contribution in [0.2, 0.25) is 0 Å². The lowest BCUT2D eigenvalue weighted by Gasteiger charge is -2.22. The van der Waals surface area contributed by atoms with Crippen LogP contribution in [0.1, 0.15) is 224 Å². The Morgan fingerprint density at radius 3 is 0.807 bits per heavy atom. The summed E-state index contributed by atoms with van der Waals surface area (Å²) in [4.78, 5) is 54.1. The van der Waals surface area contributed by atoms with Gasteiger partial charge in [0.2, 0.25) is 0 Å². The van der Waals surface area contributed by atoms with Crippen LogP contribution in [-0.2, 0) is 42.1 Å². The van der Waals surface area contributed by atoms with Gasteiger partial charge >= 0.3 is 6.18 Å². The predicted octanol–water partition coefficient (Wildman–Crippen LogP) is 20.5. The molecule has 5 unspecified atom stereocenters. The van der Waals surface area contributed by atoms with Crippen LogP contribution in [0, 0.1) is 65.2 Å². The van der Waals surface area contributed by atoms with Crippen LogP contribution >= 0.6 is 0 Å². The van der Waals surface area contributed by atoms with Crippen LogP contribution in [-0.4, -0.2) is 99.0 Å². The van der Waals surface area contributed by atoms with Crippen molar-refractivity contribution in [3.8, 4) is 22.7 Å². The molecule has 0 spiro atoms. The molecule has 150 heavy (non-hydrogen) atoms. The van der Waals surface area contributed by atoms with Gasteiger partial charge in [0.25, 0.3) is 23.6 Å². The topological polar surface area (TPSA) is 383 Å². The molecule has 5 atom stereocenters. The zero-order chi connectivity index (χ0) is 105. The van der Waals surface area contributed by atoms with Gasteiger partial charge in [0, 0.05) is 53.8 Å². The molecule has 4 heterocycles. The van der Waals surface area contributed by atoms with E-state index in [1.165, 1.54) is 72.9 Å². The van der Waals surface area contributed by atoms with E-state index in [0.717, 1.165) is 152 Å². The summed E-state index contributed by atoms with van der Waals surface area (Å²) < 4.78 is 59.1. The third-order valence-corrected chi connectivity index (χ3v) is 27.9. The van der Waals surface area contributed by atoms with Crippen molar-refractivity contribution in [3.63, 3.8) is 0 Å². The zero-order valence-corrected chi connectivity index (χ0v) is 86.0. The van der Waals surface area contributed by atoms with Crippen molar-refractivity contribution in [2.45, 2.75) is 154 Å². The van der Waals surface area contributed by atoms with Crippen LogP contribution < -0.4 is 70.6 Å². The third-order valence-electron chi connectivity index (χ3n) is 26.9. The Bertz CT molecular complexity index is 7370. The Morgan fingerprint density at radius 2 is 0.560 bits per heavy atom. The SMILES string of the molecule is C=S(N)(=O)c1ccc(C(NCC2CC2)c2cccc(NC(=O)c3cc(C)nn3-c3cccc(CN)c3)c2)cc1.Cc1cc(C(=O)Nc2cccc(C(NCC3CC3)c3cccc(C(F)(F)F)c3)c2)n(-c2cccc(CN)c2)n1.Cc1cccc(C(NCC2CC2)c2cccc(NC(=O)c3cc(C)nn3-c3cccc(CN)c3)c2)c1.Cc1cccc(C(NCC2CC2)c2cccc(NC(=O)c3cc(C)nn3-c3cccc(CN)c3)c2)c1. The number of rotatable bonds is 37. The fourth-order valence-corrected chi connectivity index (χ4v) is 18.9. The molecule has 0 radical (unpaired) electrons. The lowest BCUT2D eigenvalue weighted by atomic mass is 9.96. The summed E-state index contributed by atoms with van der Waals surface area (Å²) in [5, 5.41) is 50.7. The summed E-state index contributed by atoms with van der Waals surface area (Å²) in [5.41, 5.74) is 47.4. The van der Waals surface area contributed by atoms with E-state index in [-0.39, 0.29) is 41.8 Å². The zero-order valence-electron chi connectivity index (χ0n) is 85.2. The molecule has 4 aliphatic carbocycles. The normalized spacial score (nSPS) is 14.4. The first kappa shape index (κ1) is 106. The number of anilines is 4. The Hall–Kier alpha value is -15.2. The number of hydrogen-bond acceptors (Lipinski definition) is 17. The first-order chi connectivity index (χ1) is 72.4. The van der Waals surface area contributed by atoms with Crippen LogP contribution in [0.3, 0.4) is 0 Å². The molecular weight excluding hydrogens is 1900 g/mol. The number of nitrogens with one attached hydrogen (secondary N) is 8. The lowest BCUT2D eigenvalue weighted by molar-refractivity contribution is -0.137. The van der Waals surface area contributed by atoms with E-state index in [1.807, 2.05) is 191 Å². The smallest absolute Gasteiger partial charge is 0.326 e. The monoisotopic (exact) mass is 2030 g/mol. The van der Waals surface area contributed by atoms with Crippen LogP contribution in [0.25, 0.3) is 22.7 Å². The average Bonchev–Trinajstić information content (AvgIpc) is 1.69. The highest BCUT2D eigenvalue weighted by atomic mass is 32.2. The van der Waals surface area contributed by atoms with Gasteiger partial charge in [-0.25, -0.2) is 22.9 Å². The Balaban J connectivity index is 0.000000136. The maximum Gasteiger partial charge on any atom is 0.416 e. The molecule has 4 saturated carbocycles. The summed E-state index contributed by atoms with van der Waals surface area (Å²) in [5.74, 6) is 5.30. The van der Waals surface area contributed by atoms with Crippen molar-refractivity contribution in [2.75, 3.05) is 47.4 Å². The number of amides is 4. The summed E-state index contributed by atoms with van der Waals surface area (Å²) in [6.45, 7) is 16.9. The Labute approximate surface area is 874 Å². The van der Waals surface area contributed by atoms with Crippen molar-refractivity contribution in [1.29, 1.82) is 0 Å². The van der Waals surface area contributed by atoms with Gasteiger partial charge in [-0.15, -0.1) is 0 Å². The van der Waals surface area contributed by atoms with Crippen molar-refractivity contribution in [3.05, 3.63) is 444 Å². The fraction of sp³-hybridized carbons (Fsp3) is 0.258. The number of halogens is 3. The molecule has 0 bridgehead atoms. The highest BCUT2D eigenvalue weighted by Gasteiger charge is 2.34. The number of nitrogens with two attached hydrogens (primary N) is 5. The molecule has 4 fully saturated rings. The lowest BCUT2D eigenvalue weighted by Crippen LogP contribution is -2.25. The summed E-state index contributed by atoms with van der Waals surface area (Å²) in [6.07, 6.45) is 5.43. The van der Waals surface area contributed by atoms with E-state index < -0.39 is 27.5 Å². The molecule has 20 rings (SSSR count). The minimum atomic E-state index is -4.43. The van der Waals surface area contributed by atoms with Crippen molar-refractivity contribution in [2.24, 2.45) is 51.7 Å². The number of carbonyl (C=O) groups is 4. The minimum Gasteiger partial charge on any atom is -0.326 e. The van der Waals surface area contributed by atoms with Gasteiger partial charge in [0.15, 0.2) is 0 Å². The first-order valence-electron chi connectivity index (χ1n) is 51.0. The van der Waals surface area contributed by atoms with E-state index in [1.54, 1.807) is 79.4 Å². The van der Waals surface area contributed by atoms with Crippen LogP contribution in [0.15, 0.2) is 320 Å². The largest absolute Gasteiger partial charge is 0.416 e. The maximum atomic E-state index is 13.4. The summed E-state index contributed by atoms with van der Waals surface area (Å²) in [7, 11) is -2.78. The van der Waals surface area contributed by atoms with Gasteiger partial charge in [-0.2, -0.15) is 33.6 Å². The van der Waals surface area contributed by atoms with Crippen molar-refractivity contribution in [1.82, 2.24) is 60.4 Å². The number of benzene rings is 12. The minimum absolute atomic E-state index is 0.0640. The quantitative estimate of drug-likeness (QED) is 0.0161. The van der Waals surface area contributed by atoms with E-state index >= 15 is 0 Å². The third kappa shape index (κ3) is 28.4. The van der Waals surface area contributed by atoms with E-state index in [9.17, 15) is 36.6 Å². The van der Waals surface area contributed by atoms with Crippen LogP contribution in [0.4, 0.5) is 35.9 Å². The van der Waals surface area contributed by atoms with Gasteiger partial charge in [-0.05, 0) is 361 Å². The average molecular weight is 2040 g/mol. The Kier molecular flexibility index (Phi) is 34.2. The highest BCUT2D eigenvalue weighted by Crippen LogP contribution is 2.39. The standard InChI is InChI=1S/C30H30F3N5O.C30H34N6O2S.2C30H33N5O/c1-19-13-27(38(37-19)26-10-2-5-21(14-26)17-34)29(39)36-25-9-4-7-23(16-25)28(35-18-20-11-12-20)22-6-3-8-24(15-22)30(31,32)33;1-20-15-28(36(35-20)26-8-3-5-22(16-26)18-31)30(37)34-25-7-4-6-24(17-25)29(33-19-21-9-10-21)23-11-13-27(14-12-23)39(2,32)38;2*1-20-6-3-8-24(14-20)29(32-19-22-12-13-22)25-9-5-10-26(17-25)33-30(36)28-15-21(2)34-35(28)27-11-4-7-23(16-27)18-31/h2-10,13-16,20,28,35H,11-12,17-18,34H2,1H3,(H,36,39);3-8,11-17,21,29,33H,2,9-10,18-19,31H2,1H3,(H2,32,38)(H,34,37);2*3-11,14-17,22,29,32H,12-13,18-19,31H2,1-2H3,(H,33,36). The number of carbonyl (C=O) groups excluding carboxylic acids is 4. The predicted molar refractivity (Wildman–Crippen MR) is 591 cm³/mol. The number of aryl methyl sites for hydroxylation is 6. The number of nitrogens with zero attached hydrogens (tertiary/aromatic N) is 8. The molecule has 772 valence electrons. The van der Waals surface area contributed by atoms with E-state index in [4.69, 9.17) is 28.1 Å². The maximum absolute atomic E-state index is 13.4. The van der Waals surface area contributed by atoms with Gasteiger partial charge in [0.1, 0.15) is 22.8 Å². The molecule has 0 aliphatic heterocycles. The highest BCUT2D eigenvalue weighted by molar-refractivity contribution is 7.98. The second-order valence-electron chi connectivity index (χ2n) is 39.5. The molecule has 12 aromatic carbocycles. The second-order valence-corrected chi connectivity index (χ2v) is 41.5. The van der Waals surface area contributed by atoms with E-state index in [0.29, 0.717) is 94.9 Å². The molecule has 4 amide bonds. The van der Waals surface area contributed by atoms with Crippen molar-refractivity contribution < 1.29 is 36.6 Å². The Morgan fingerprint density at radius 1 is 0.320 bits per heavy atom. The summed E-state index contributed by atoms with van der Waals surface area (Å²) >= 11 is 0. The van der Waals surface area contributed by atoms with Crippen LogP contribution in [0.5, 0.6) is 0 Å². The molecule has 18 N–H and O–H groups in total. The molecule has 0 saturated heterocycles. The van der Waals surface area contributed by atoms with Gasteiger partial charge in [-0.3, -0.25) is 24.3 Å². The van der Waals surface area contributed by atoms with Gasteiger partial charge < -0.3 is 65.5 Å². The molecule has 16 aromatic rings. The first-order valence-corrected chi connectivity index (χ1v) is 52.8. The molecule has 4 aliphatic rings. The summed E-state index contributed by atoms with van der Waals surface area (Å²) in [6, 6.07) is 98.7.